The van der Waals surface area contributed by atoms with Crippen molar-refractivity contribution in [3.05, 3.63) is 53.6 Å². The molecule has 1 heterocycles. The van der Waals surface area contributed by atoms with Crippen molar-refractivity contribution in [1.82, 2.24) is 4.90 Å². The Balaban J connectivity index is 1.55. The highest BCUT2D eigenvalue weighted by molar-refractivity contribution is 6.32. The van der Waals surface area contributed by atoms with Gasteiger partial charge < -0.3 is 15.0 Å². The van der Waals surface area contributed by atoms with Crippen LogP contribution >= 0.6 is 11.6 Å². The number of anilines is 2. The molecule has 0 aliphatic carbocycles. The number of carbonyl (C=O) groups is 1. The SMILES string of the molecule is COc1ccc(NC(=O)[C@@H](C)N2CCN(c3ccccc3)CC2)cc1Cl. The molecule has 0 unspecified atom stereocenters. The molecule has 1 aliphatic heterocycles. The number of ether oxygens (including phenoxy) is 1. The summed E-state index contributed by atoms with van der Waals surface area (Å²) in [5, 5.41) is 3.42. The Kier molecular flexibility index (Phi) is 6.01. The van der Waals surface area contributed by atoms with Gasteiger partial charge in [-0.15, -0.1) is 0 Å². The van der Waals surface area contributed by atoms with Crippen LogP contribution in [0.25, 0.3) is 0 Å². The fourth-order valence-electron chi connectivity index (χ4n) is 3.16. The van der Waals surface area contributed by atoms with Gasteiger partial charge in [0.25, 0.3) is 0 Å². The van der Waals surface area contributed by atoms with Gasteiger partial charge in [0, 0.05) is 37.6 Å². The minimum Gasteiger partial charge on any atom is -0.495 e. The molecule has 1 amide bonds. The second kappa shape index (κ2) is 8.43. The molecule has 1 aliphatic rings. The lowest BCUT2D eigenvalue weighted by molar-refractivity contribution is -0.120. The minimum atomic E-state index is -0.200. The lowest BCUT2D eigenvalue weighted by Crippen LogP contribution is -2.52. The van der Waals surface area contributed by atoms with Crippen LogP contribution in [-0.2, 0) is 4.79 Å². The summed E-state index contributed by atoms with van der Waals surface area (Å²) in [6.07, 6.45) is 0. The van der Waals surface area contributed by atoms with Crippen LogP contribution in [0.4, 0.5) is 11.4 Å². The molecule has 0 spiro atoms. The summed E-state index contributed by atoms with van der Waals surface area (Å²) in [6.45, 7) is 5.48. The van der Waals surface area contributed by atoms with Gasteiger partial charge >= 0.3 is 0 Å². The normalized spacial score (nSPS) is 16.2. The molecule has 1 fully saturated rings. The molecular formula is C20H24ClN3O2. The average Bonchev–Trinajstić information content (AvgIpc) is 2.68. The maximum Gasteiger partial charge on any atom is 0.241 e. The van der Waals surface area contributed by atoms with Gasteiger partial charge in [-0.1, -0.05) is 29.8 Å². The zero-order valence-electron chi connectivity index (χ0n) is 15.1. The van der Waals surface area contributed by atoms with E-state index in [0.29, 0.717) is 16.5 Å². The number of nitrogens with one attached hydrogen (secondary N) is 1. The monoisotopic (exact) mass is 373 g/mol. The van der Waals surface area contributed by atoms with Crippen molar-refractivity contribution in [2.75, 3.05) is 43.5 Å². The van der Waals surface area contributed by atoms with Gasteiger partial charge in [-0.3, -0.25) is 9.69 Å². The van der Waals surface area contributed by atoms with Crippen molar-refractivity contribution in [3.8, 4) is 5.75 Å². The molecule has 1 N–H and O–H groups in total. The van der Waals surface area contributed by atoms with Crippen LogP contribution in [0.3, 0.4) is 0 Å². The summed E-state index contributed by atoms with van der Waals surface area (Å²) in [4.78, 5) is 17.1. The van der Waals surface area contributed by atoms with E-state index in [2.05, 4.69) is 39.4 Å². The molecule has 0 aromatic heterocycles. The van der Waals surface area contributed by atoms with Gasteiger partial charge in [0.1, 0.15) is 5.75 Å². The molecule has 2 aromatic carbocycles. The van der Waals surface area contributed by atoms with Crippen molar-refractivity contribution in [3.63, 3.8) is 0 Å². The summed E-state index contributed by atoms with van der Waals surface area (Å²) >= 11 is 6.12. The van der Waals surface area contributed by atoms with Crippen LogP contribution in [-0.4, -0.2) is 50.1 Å². The fourth-order valence-corrected chi connectivity index (χ4v) is 3.42. The zero-order chi connectivity index (χ0) is 18.5. The Bertz CT molecular complexity index is 746. The Morgan fingerprint density at radius 1 is 1.12 bits per heavy atom. The highest BCUT2D eigenvalue weighted by atomic mass is 35.5. The Morgan fingerprint density at radius 3 is 2.42 bits per heavy atom. The molecule has 0 bridgehead atoms. The van der Waals surface area contributed by atoms with Crippen LogP contribution in [0, 0.1) is 0 Å². The molecule has 138 valence electrons. The van der Waals surface area contributed by atoms with Gasteiger partial charge in [-0.05, 0) is 37.3 Å². The molecular weight excluding hydrogens is 350 g/mol. The van der Waals surface area contributed by atoms with Crippen LogP contribution < -0.4 is 15.0 Å². The number of hydrogen-bond acceptors (Lipinski definition) is 4. The van der Waals surface area contributed by atoms with E-state index in [1.165, 1.54) is 5.69 Å². The van der Waals surface area contributed by atoms with E-state index >= 15 is 0 Å². The average molecular weight is 374 g/mol. The minimum absolute atomic E-state index is 0.0283. The Morgan fingerprint density at radius 2 is 1.81 bits per heavy atom. The summed E-state index contributed by atoms with van der Waals surface area (Å²) in [6, 6.07) is 15.4. The topological polar surface area (TPSA) is 44.8 Å². The molecule has 2 aromatic rings. The van der Waals surface area contributed by atoms with E-state index < -0.39 is 0 Å². The molecule has 3 rings (SSSR count). The van der Waals surface area contributed by atoms with E-state index in [0.717, 1.165) is 26.2 Å². The number of para-hydroxylation sites is 1. The number of amides is 1. The molecule has 0 saturated carbocycles. The highest BCUT2D eigenvalue weighted by Crippen LogP contribution is 2.27. The predicted octanol–water partition coefficient (Wildman–Crippen LogP) is 3.50. The number of hydrogen-bond donors (Lipinski definition) is 1. The first kappa shape index (κ1) is 18.5. The van der Waals surface area contributed by atoms with Crippen molar-refractivity contribution in [1.29, 1.82) is 0 Å². The number of methoxy groups -OCH3 is 1. The Labute approximate surface area is 159 Å². The highest BCUT2D eigenvalue weighted by Gasteiger charge is 2.25. The fraction of sp³-hybridized carbons (Fsp3) is 0.350. The van der Waals surface area contributed by atoms with Gasteiger partial charge in [-0.25, -0.2) is 0 Å². The molecule has 1 saturated heterocycles. The quantitative estimate of drug-likeness (QED) is 0.871. The summed E-state index contributed by atoms with van der Waals surface area (Å²) in [5.41, 5.74) is 1.91. The standard InChI is InChI=1S/C20H24ClN3O2/c1-15(20(25)22-16-8-9-19(26-2)18(21)14-16)23-10-12-24(13-11-23)17-6-4-3-5-7-17/h3-9,14-15H,10-13H2,1-2H3,(H,22,25)/t15-/m1/s1. The van der Waals surface area contributed by atoms with E-state index in [1.807, 2.05) is 13.0 Å². The van der Waals surface area contributed by atoms with Crippen LogP contribution in [0.5, 0.6) is 5.75 Å². The lowest BCUT2D eigenvalue weighted by Gasteiger charge is -2.38. The summed E-state index contributed by atoms with van der Waals surface area (Å²) < 4.78 is 5.14. The second-order valence-electron chi connectivity index (χ2n) is 6.37. The van der Waals surface area contributed by atoms with Crippen LogP contribution in [0.1, 0.15) is 6.92 Å². The van der Waals surface area contributed by atoms with E-state index in [9.17, 15) is 4.79 Å². The zero-order valence-corrected chi connectivity index (χ0v) is 15.9. The lowest BCUT2D eigenvalue weighted by atomic mass is 10.2. The van der Waals surface area contributed by atoms with Gasteiger partial charge in [0.2, 0.25) is 5.91 Å². The third kappa shape index (κ3) is 4.29. The maximum atomic E-state index is 12.6. The summed E-state index contributed by atoms with van der Waals surface area (Å²) in [7, 11) is 1.57. The smallest absolute Gasteiger partial charge is 0.241 e. The summed E-state index contributed by atoms with van der Waals surface area (Å²) in [5.74, 6) is 0.564. The van der Waals surface area contributed by atoms with Gasteiger partial charge in [0.15, 0.2) is 0 Å². The third-order valence-corrected chi connectivity index (χ3v) is 5.08. The van der Waals surface area contributed by atoms with Crippen LogP contribution in [0.15, 0.2) is 48.5 Å². The first-order valence-electron chi connectivity index (χ1n) is 8.77. The first-order valence-corrected chi connectivity index (χ1v) is 9.14. The molecule has 26 heavy (non-hydrogen) atoms. The third-order valence-electron chi connectivity index (χ3n) is 4.78. The number of benzene rings is 2. The molecule has 6 heteroatoms. The molecule has 1 atom stereocenters. The van der Waals surface area contributed by atoms with E-state index in [-0.39, 0.29) is 11.9 Å². The first-order chi connectivity index (χ1) is 12.6. The van der Waals surface area contributed by atoms with Gasteiger partial charge in [0.05, 0.1) is 18.2 Å². The van der Waals surface area contributed by atoms with Crippen molar-refractivity contribution >= 4 is 28.9 Å². The largest absolute Gasteiger partial charge is 0.495 e. The van der Waals surface area contributed by atoms with E-state index in [4.69, 9.17) is 16.3 Å². The van der Waals surface area contributed by atoms with Crippen molar-refractivity contribution in [2.45, 2.75) is 13.0 Å². The maximum absolute atomic E-state index is 12.6. The molecule has 5 nitrogen and oxygen atoms in total. The van der Waals surface area contributed by atoms with Crippen LogP contribution in [0.2, 0.25) is 5.02 Å². The van der Waals surface area contributed by atoms with Gasteiger partial charge in [-0.2, -0.15) is 0 Å². The number of piperazine rings is 1. The second-order valence-corrected chi connectivity index (χ2v) is 6.78. The Hall–Kier alpha value is -2.24. The van der Waals surface area contributed by atoms with Crippen molar-refractivity contribution < 1.29 is 9.53 Å². The predicted molar refractivity (Wildman–Crippen MR) is 106 cm³/mol. The van der Waals surface area contributed by atoms with E-state index in [1.54, 1.807) is 25.3 Å². The molecule has 0 radical (unpaired) electrons. The number of nitrogens with zero attached hydrogens (tertiary/aromatic N) is 2. The number of carbonyl (C=O) groups excluding carboxylic acids is 1. The number of halogens is 1. The van der Waals surface area contributed by atoms with Crippen molar-refractivity contribution in [2.24, 2.45) is 0 Å². The number of rotatable bonds is 5.